The summed E-state index contributed by atoms with van der Waals surface area (Å²) >= 11 is 0. The third kappa shape index (κ3) is 1.85. The molecule has 3 rings (SSSR count). The molecule has 1 saturated heterocycles. The Morgan fingerprint density at radius 2 is 2.20 bits per heavy atom. The molecule has 108 valence electrons. The minimum Gasteiger partial charge on any atom is -0.505 e. The Morgan fingerprint density at radius 1 is 1.45 bits per heavy atom. The van der Waals surface area contributed by atoms with Gasteiger partial charge < -0.3 is 9.84 Å². The summed E-state index contributed by atoms with van der Waals surface area (Å²) in [5.74, 6) is -2.04. The van der Waals surface area contributed by atoms with Crippen molar-refractivity contribution in [1.29, 1.82) is 0 Å². The standard InChI is InChI=1S/C11H11FN2O5S/c12-10-6-2-1-3-19-8(6)4-7(15)11(10)14-5-9(16)13-20(14,17)18/h4,15H,1-3,5H2,(H,13,16). The molecular weight excluding hydrogens is 291 g/mol. The second-order valence-corrected chi connectivity index (χ2v) is 6.12. The maximum absolute atomic E-state index is 14.5. The van der Waals surface area contributed by atoms with Gasteiger partial charge in [-0.3, -0.25) is 4.79 Å². The smallest absolute Gasteiger partial charge is 0.326 e. The van der Waals surface area contributed by atoms with Gasteiger partial charge in [0, 0.05) is 11.6 Å². The molecule has 0 atom stereocenters. The largest absolute Gasteiger partial charge is 0.505 e. The van der Waals surface area contributed by atoms with Crippen LogP contribution in [-0.2, 0) is 21.4 Å². The summed E-state index contributed by atoms with van der Waals surface area (Å²) in [6, 6.07) is 1.17. The number of hydrogen-bond acceptors (Lipinski definition) is 5. The maximum Gasteiger partial charge on any atom is 0.326 e. The van der Waals surface area contributed by atoms with Gasteiger partial charge in [-0.1, -0.05) is 0 Å². The Balaban J connectivity index is 2.17. The van der Waals surface area contributed by atoms with Gasteiger partial charge in [0.05, 0.1) is 6.61 Å². The molecule has 1 fully saturated rings. The number of nitrogens with zero attached hydrogens (tertiary/aromatic N) is 1. The molecule has 1 aromatic rings. The van der Waals surface area contributed by atoms with E-state index in [0.717, 1.165) is 0 Å². The number of hydrogen-bond donors (Lipinski definition) is 2. The number of amides is 1. The van der Waals surface area contributed by atoms with E-state index in [-0.39, 0.29) is 11.3 Å². The van der Waals surface area contributed by atoms with Crippen LogP contribution in [-0.4, -0.2) is 32.6 Å². The summed E-state index contributed by atoms with van der Waals surface area (Å²) in [5.41, 5.74) is -0.314. The van der Waals surface area contributed by atoms with Crippen LogP contribution in [0.4, 0.5) is 10.1 Å². The number of rotatable bonds is 1. The van der Waals surface area contributed by atoms with E-state index in [1.165, 1.54) is 6.07 Å². The highest BCUT2D eigenvalue weighted by Crippen LogP contribution is 2.41. The highest BCUT2D eigenvalue weighted by atomic mass is 32.2. The lowest BCUT2D eigenvalue weighted by atomic mass is 10.0. The van der Waals surface area contributed by atoms with Crippen LogP contribution < -0.4 is 13.8 Å². The average Bonchev–Trinajstić information content (AvgIpc) is 2.63. The Kier molecular flexibility index (Phi) is 2.75. The molecule has 2 N–H and O–H groups in total. The summed E-state index contributed by atoms with van der Waals surface area (Å²) < 4.78 is 45.4. The van der Waals surface area contributed by atoms with Crippen molar-refractivity contribution in [3.63, 3.8) is 0 Å². The van der Waals surface area contributed by atoms with E-state index in [9.17, 15) is 22.7 Å². The van der Waals surface area contributed by atoms with Crippen molar-refractivity contribution in [3.05, 3.63) is 17.4 Å². The van der Waals surface area contributed by atoms with Gasteiger partial charge in [-0.25, -0.2) is 13.4 Å². The number of carbonyl (C=O) groups excluding carboxylic acids is 1. The summed E-state index contributed by atoms with van der Waals surface area (Å²) in [4.78, 5) is 11.2. The zero-order valence-corrected chi connectivity index (χ0v) is 11.0. The molecule has 0 aromatic heterocycles. The van der Waals surface area contributed by atoms with Crippen LogP contribution in [0.15, 0.2) is 6.07 Å². The lowest BCUT2D eigenvalue weighted by Crippen LogP contribution is -2.30. The average molecular weight is 302 g/mol. The predicted molar refractivity (Wildman–Crippen MR) is 66.3 cm³/mol. The van der Waals surface area contributed by atoms with Gasteiger partial charge in [0.15, 0.2) is 5.82 Å². The quantitative estimate of drug-likeness (QED) is 0.763. The molecule has 1 aromatic carbocycles. The highest BCUT2D eigenvalue weighted by Gasteiger charge is 2.38. The lowest BCUT2D eigenvalue weighted by molar-refractivity contribution is -0.117. The van der Waals surface area contributed by atoms with Gasteiger partial charge in [-0.15, -0.1) is 0 Å². The zero-order chi connectivity index (χ0) is 14.5. The molecule has 9 heteroatoms. The van der Waals surface area contributed by atoms with Crippen molar-refractivity contribution in [2.75, 3.05) is 17.5 Å². The Morgan fingerprint density at radius 3 is 2.85 bits per heavy atom. The minimum absolute atomic E-state index is 0.200. The van der Waals surface area contributed by atoms with Gasteiger partial charge >= 0.3 is 10.2 Å². The molecule has 0 radical (unpaired) electrons. The maximum atomic E-state index is 14.5. The van der Waals surface area contributed by atoms with E-state index in [4.69, 9.17) is 4.74 Å². The number of nitrogens with one attached hydrogen (secondary N) is 1. The van der Waals surface area contributed by atoms with Crippen molar-refractivity contribution in [2.24, 2.45) is 0 Å². The van der Waals surface area contributed by atoms with Crippen molar-refractivity contribution >= 4 is 21.8 Å². The Hall–Kier alpha value is -2.03. The van der Waals surface area contributed by atoms with Crippen LogP contribution in [0.5, 0.6) is 11.5 Å². The molecule has 0 unspecified atom stereocenters. The van der Waals surface area contributed by atoms with E-state index >= 15 is 0 Å². The van der Waals surface area contributed by atoms with Crippen LogP contribution >= 0.6 is 0 Å². The predicted octanol–water partition coefficient (Wildman–Crippen LogP) is 0.0373. The van der Waals surface area contributed by atoms with E-state index in [1.54, 1.807) is 4.72 Å². The monoisotopic (exact) mass is 302 g/mol. The second kappa shape index (κ2) is 4.23. The fourth-order valence-electron chi connectivity index (χ4n) is 2.32. The minimum atomic E-state index is -4.17. The van der Waals surface area contributed by atoms with Crippen LogP contribution in [0, 0.1) is 5.82 Å². The van der Waals surface area contributed by atoms with Crippen molar-refractivity contribution in [1.82, 2.24) is 4.72 Å². The summed E-state index contributed by atoms with van der Waals surface area (Å²) in [7, 11) is -4.17. The first-order chi connectivity index (χ1) is 9.40. The second-order valence-electron chi connectivity index (χ2n) is 4.52. The first kappa shape index (κ1) is 13.0. The number of anilines is 1. The first-order valence-corrected chi connectivity index (χ1v) is 7.34. The van der Waals surface area contributed by atoms with Crippen LogP contribution in [0.2, 0.25) is 0 Å². The number of fused-ring (bicyclic) bond motifs is 1. The van der Waals surface area contributed by atoms with Gasteiger partial charge in [0.25, 0.3) is 5.91 Å². The molecule has 0 aliphatic carbocycles. The van der Waals surface area contributed by atoms with E-state index in [0.29, 0.717) is 23.8 Å². The van der Waals surface area contributed by atoms with Gasteiger partial charge in [-0.2, -0.15) is 8.42 Å². The number of halogens is 1. The topological polar surface area (TPSA) is 95.9 Å². The molecule has 7 nitrogen and oxygen atoms in total. The van der Waals surface area contributed by atoms with Crippen molar-refractivity contribution in [2.45, 2.75) is 12.8 Å². The van der Waals surface area contributed by atoms with E-state index in [2.05, 4.69) is 0 Å². The summed E-state index contributed by atoms with van der Waals surface area (Å²) in [6.07, 6.45) is 0.974. The van der Waals surface area contributed by atoms with Gasteiger partial charge in [0.2, 0.25) is 0 Å². The van der Waals surface area contributed by atoms with Gasteiger partial charge in [-0.05, 0) is 12.8 Å². The summed E-state index contributed by atoms with van der Waals surface area (Å²) in [6.45, 7) is -0.153. The molecule has 0 saturated carbocycles. The highest BCUT2D eigenvalue weighted by molar-refractivity contribution is 7.92. The number of carbonyl (C=O) groups is 1. The number of aromatic hydroxyl groups is 1. The van der Waals surface area contributed by atoms with Crippen LogP contribution in [0.3, 0.4) is 0 Å². The number of phenolic OH excluding ortho intramolecular Hbond substituents is 1. The third-order valence-corrected chi connectivity index (χ3v) is 4.56. The molecule has 0 spiro atoms. The lowest BCUT2D eigenvalue weighted by Gasteiger charge is -2.23. The van der Waals surface area contributed by atoms with E-state index in [1.807, 2.05) is 0 Å². The van der Waals surface area contributed by atoms with Crippen LogP contribution in [0.25, 0.3) is 0 Å². The van der Waals surface area contributed by atoms with Crippen molar-refractivity contribution in [3.8, 4) is 11.5 Å². The van der Waals surface area contributed by atoms with Crippen molar-refractivity contribution < 1.29 is 27.4 Å². The third-order valence-electron chi connectivity index (χ3n) is 3.18. The number of ether oxygens (including phenoxy) is 1. The first-order valence-electron chi connectivity index (χ1n) is 5.90. The zero-order valence-electron chi connectivity index (χ0n) is 10.2. The molecule has 2 heterocycles. The summed E-state index contributed by atoms with van der Waals surface area (Å²) in [5, 5.41) is 9.86. The fourth-order valence-corrected chi connectivity index (χ4v) is 3.48. The molecule has 20 heavy (non-hydrogen) atoms. The number of benzene rings is 1. The molecule has 0 bridgehead atoms. The molecular formula is C11H11FN2O5S. The molecule has 1 amide bonds. The SMILES string of the molecule is O=C1CN(c2c(O)cc3c(c2F)CCCO3)S(=O)(=O)N1. The molecule has 2 aliphatic heterocycles. The Bertz CT molecular complexity index is 703. The fraction of sp³-hybridized carbons (Fsp3) is 0.364. The Labute approximate surface area is 114 Å². The van der Waals surface area contributed by atoms with Crippen LogP contribution in [0.1, 0.15) is 12.0 Å². The number of phenols is 1. The normalized spacial score (nSPS) is 20.2. The van der Waals surface area contributed by atoms with E-state index < -0.39 is 39.9 Å². The van der Waals surface area contributed by atoms with Gasteiger partial charge in [0.1, 0.15) is 23.7 Å². The molecule has 2 aliphatic rings.